The van der Waals surface area contributed by atoms with E-state index in [1.54, 1.807) is 0 Å². The van der Waals surface area contributed by atoms with Crippen LogP contribution in [0.4, 0.5) is 0 Å². The molecule has 0 aliphatic rings. The van der Waals surface area contributed by atoms with Crippen LogP contribution in [0.25, 0.3) is 11.1 Å². The first-order valence-electron chi connectivity index (χ1n) is 7.73. The standard InChI is InChI=1S/C21H17Cl2N/c1-15-5-9-17(10-6-15)19-3-2-4-21(23)20(19)14-24-13-16-7-11-18(22)12-8-16/h2-12,14H,13H2,1H3. The number of hydrogen-bond donors (Lipinski definition) is 0. The number of benzene rings is 3. The van der Waals surface area contributed by atoms with Gasteiger partial charge < -0.3 is 0 Å². The highest BCUT2D eigenvalue weighted by atomic mass is 35.5. The van der Waals surface area contributed by atoms with Gasteiger partial charge in [0.25, 0.3) is 0 Å². The Bertz CT molecular complexity index is 850. The Morgan fingerprint density at radius 1 is 0.875 bits per heavy atom. The van der Waals surface area contributed by atoms with Gasteiger partial charge in [-0.15, -0.1) is 0 Å². The van der Waals surface area contributed by atoms with Gasteiger partial charge in [0, 0.05) is 21.8 Å². The van der Waals surface area contributed by atoms with E-state index in [0.29, 0.717) is 11.6 Å². The van der Waals surface area contributed by atoms with Crippen LogP contribution in [0.2, 0.25) is 10.0 Å². The SMILES string of the molecule is Cc1ccc(-c2cccc(Cl)c2C=NCc2ccc(Cl)cc2)cc1. The molecule has 0 spiro atoms. The van der Waals surface area contributed by atoms with Crippen LogP contribution in [-0.4, -0.2) is 6.21 Å². The second-order valence-electron chi connectivity index (χ2n) is 5.66. The number of aliphatic imine (C=N–C) groups is 1. The predicted molar refractivity (Wildman–Crippen MR) is 104 cm³/mol. The van der Waals surface area contributed by atoms with Gasteiger partial charge in [0.2, 0.25) is 0 Å². The van der Waals surface area contributed by atoms with Crippen molar-refractivity contribution in [2.45, 2.75) is 13.5 Å². The van der Waals surface area contributed by atoms with Gasteiger partial charge >= 0.3 is 0 Å². The number of aryl methyl sites for hydroxylation is 1. The molecular formula is C21H17Cl2N. The molecule has 0 heterocycles. The van der Waals surface area contributed by atoms with Crippen molar-refractivity contribution in [3.05, 3.63) is 93.5 Å². The largest absolute Gasteiger partial charge is 0.288 e. The minimum absolute atomic E-state index is 0.593. The summed E-state index contributed by atoms with van der Waals surface area (Å²) in [5.74, 6) is 0. The summed E-state index contributed by atoms with van der Waals surface area (Å²) in [4.78, 5) is 4.55. The fraction of sp³-hybridized carbons (Fsp3) is 0.0952. The van der Waals surface area contributed by atoms with Gasteiger partial charge in [0.15, 0.2) is 0 Å². The Morgan fingerprint density at radius 2 is 1.58 bits per heavy atom. The van der Waals surface area contributed by atoms with Crippen molar-refractivity contribution in [3.63, 3.8) is 0 Å². The lowest BCUT2D eigenvalue weighted by Crippen LogP contribution is -1.91. The van der Waals surface area contributed by atoms with Gasteiger partial charge in [-0.1, -0.05) is 77.3 Å². The van der Waals surface area contributed by atoms with Crippen LogP contribution in [0.5, 0.6) is 0 Å². The smallest absolute Gasteiger partial charge is 0.0640 e. The molecule has 0 aliphatic heterocycles. The van der Waals surface area contributed by atoms with E-state index in [4.69, 9.17) is 23.2 Å². The molecule has 0 aliphatic carbocycles. The van der Waals surface area contributed by atoms with Crippen molar-refractivity contribution in [2.24, 2.45) is 4.99 Å². The maximum absolute atomic E-state index is 6.40. The lowest BCUT2D eigenvalue weighted by Gasteiger charge is -2.08. The summed E-state index contributed by atoms with van der Waals surface area (Å²) in [6.45, 7) is 2.67. The topological polar surface area (TPSA) is 12.4 Å². The van der Waals surface area contributed by atoms with E-state index in [0.717, 1.165) is 27.3 Å². The van der Waals surface area contributed by atoms with Crippen molar-refractivity contribution >= 4 is 29.4 Å². The minimum Gasteiger partial charge on any atom is -0.288 e. The molecule has 0 radical (unpaired) electrons. The van der Waals surface area contributed by atoms with Gasteiger partial charge in [0.05, 0.1) is 6.54 Å². The zero-order chi connectivity index (χ0) is 16.9. The molecule has 3 rings (SSSR count). The van der Waals surface area contributed by atoms with Crippen molar-refractivity contribution in [2.75, 3.05) is 0 Å². The summed E-state index contributed by atoms with van der Waals surface area (Å²) in [7, 11) is 0. The van der Waals surface area contributed by atoms with Crippen LogP contribution in [0.1, 0.15) is 16.7 Å². The minimum atomic E-state index is 0.593. The lowest BCUT2D eigenvalue weighted by molar-refractivity contribution is 1.08. The van der Waals surface area contributed by atoms with E-state index in [1.165, 1.54) is 5.56 Å². The van der Waals surface area contributed by atoms with E-state index < -0.39 is 0 Å². The van der Waals surface area contributed by atoms with Crippen LogP contribution in [-0.2, 0) is 6.54 Å². The first-order chi connectivity index (χ1) is 11.6. The van der Waals surface area contributed by atoms with E-state index >= 15 is 0 Å². The van der Waals surface area contributed by atoms with E-state index in [-0.39, 0.29) is 0 Å². The molecule has 0 saturated carbocycles. The van der Waals surface area contributed by atoms with Gasteiger partial charge in [-0.05, 0) is 41.8 Å². The second kappa shape index (κ2) is 7.65. The highest BCUT2D eigenvalue weighted by Crippen LogP contribution is 2.28. The Morgan fingerprint density at radius 3 is 2.29 bits per heavy atom. The summed E-state index contributed by atoms with van der Waals surface area (Å²) in [6.07, 6.45) is 1.85. The average molecular weight is 354 g/mol. The van der Waals surface area contributed by atoms with Crippen LogP contribution < -0.4 is 0 Å². The third-order valence-corrected chi connectivity index (χ3v) is 4.40. The molecule has 0 saturated heterocycles. The molecule has 120 valence electrons. The third-order valence-electron chi connectivity index (χ3n) is 3.82. The van der Waals surface area contributed by atoms with E-state index in [9.17, 15) is 0 Å². The second-order valence-corrected chi connectivity index (χ2v) is 6.51. The molecule has 1 nitrogen and oxygen atoms in total. The Kier molecular flexibility index (Phi) is 5.34. The maximum atomic E-state index is 6.40. The molecular weight excluding hydrogens is 337 g/mol. The summed E-state index contributed by atoms with van der Waals surface area (Å²) < 4.78 is 0. The molecule has 3 aromatic rings. The van der Waals surface area contributed by atoms with Crippen molar-refractivity contribution in [1.29, 1.82) is 0 Å². The monoisotopic (exact) mass is 353 g/mol. The molecule has 0 atom stereocenters. The average Bonchev–Trinajstić information content (AvgIpc) is 2.59. The van der Waals surface area contributed by atoms with Gasteiger partial charge in [-0.25, -0.2) is 0 Å². The zero-order valence-electron chi connectivity index (χ0n) is 13.3. The molecule has 3 aromatic carbocycles. The predicted octanol–water partition coefficient (Wildman–Crippen LogP) is 6.59. The van der Waals surface area contributed by atoms with Crippen molar-refractivity contribution in [3.8, 4) is 11.1 Å². The summed E-state index contributed by atoms with van der Waals surface area (Å²) in [5.41, 5.74) is 5.51. The summed E-state index contributed by atoms with van der Waals surface area (Å²) in [6, 6.07) is 22.1. The first kappa shape index (κ1) is 16.8. The highest BCUT2D eigenvalue weighted by molar-refractivity contribution is 6.33. The highest BCUT2D eigenvalue weighted by Gasteiger charge is 2.07. The molecule has 3 heteroatoms. The Labute approximate surface area is 152 Å². The van der Waals surface area contributed by atoms with Gasteiger partial charge in [-0.2, -0.15) is 0 Å². The third kappa shape index (κ3) is 4.05. The lowest BCUT2D eigenvalue weighted by atomic mass is 9.99. The van der Waals surface area contributed by atoms with Crippen LogP contribution in [0.15, 0.2) is 71.7 Å². The molecule has 0 N–H and O–H groups in total. The molecule has 0 fully saturated rings. The Hall–Kier alpha value is -2.09. The number of nitrogens with zero attached hydrogens (tertiary/aromatic N) is 1. The van der Waals surface area contributed by atoms with Crippen LogP contribution in [0.3, 0.4) is 0 Å². The number of hydrogen-bond acceptors (Lipinski definition) is 1. The normalized spacial score (nSPS) is 11.1. The van der Waals surface area contributed by atoms with Gasteiger partial charge in [-0.3, -0.25) is 4.99 Å². The van der Waals surface area contributed by atoms with Crippen molar-refractivity contribution < 1.29 is 0 Å². The number of rotatable bonds is 4. The molecule has 0 unspecified atom stereocenters. The summed E-state index contributed by atoms with van der Waals surface area (Å²) in [5, 5.41) is 1.43. The maximum Gasteiger partial charge on any atom is 0.0640 e. The molecule has 0 aromatic heterocycles. The van der Waals surface area contributed by atoms with E-state index in [2.05, 4.69) is 42.2 Å². The van der Waals surface area contributed by atoms with Crippen LogP contribution >= 0.6 is 23.2 Å². The molecule has 0 bridgehead atoms. The van der Waals surface area contributed by atoms with E-state index in [1.807, 2.05) is 42.6 Å². The fourth-order valence-electron chi connectivity index (χ4n) is 2.49. The first-order valence-corrected chi connectivity index (χ1v) is 8.49. The quantitative estimate of drug-likeness (QED) is 0.469. The number of halogens is 2. The van der Waals surface area contributed by atoms with Gasteiger partial charge in [0.1, 0.15) is 0 Å². The summed E-state index contributed by atoms with van der Waals surface area (Å²) >= 11 is 12.3. The Balaban J connectivity index is 1.88. The molecule has 0 amide bonds. The molecule has 24 heavy (non-hydrogen) atoms. The van der Waals surface area contributed by atoms with Crippen LogP contribution in [0, 0.1) is 6.92 Å². The zero-order valence-corrected chi connectivity index (χ0v) is 14.9. The van der Waals surface area contributed by atoms with Crippen molar-refractivity contribution in [1.82, 2.24) is 0 Å². The fourth-order valence-corrected chi connectivity index (χ4v) is 2.83.